The van der Waals surface area contributed by atoms with Gasteiger partial charge in [0.15, 0.2) is 5.76 Å². The lowest BCUT2D eigenvalue weighted by Gasteiger charge is -2.19. The third-order valence-electron chi connectivity index (χ3n) is 3.74. The first-order chi connectivity index (χ1) is 12.8. The van der Waals surface area contributed by atoms with E-state index >= 15 is 0 Å². The molecule has 0 saturated carbocycles. The minimum atomic E-state index is -0.853. The molecular weight excluding hydrogens is 374 g/mol. The SMILES string of the molecule is COC(=O)[C@@H](NC(=O)c1cc(=O)c(OCc2ccc(Cl)cc2)co1)C(C)C. The van der Waals surface area contributed by atoms with Gasteiger partial charge >= 0.3 is 5.97 Å². The smallest absolute Gasteiger partial charge is 0.328 e. The second kappa shape index (κ2) is 9.23. The molecule has 144 valence electrons. The van der Waals surface area contributed by atoms with Gasteiger partial charge in [-0.05, 0) is 23.6 Å². The third kappa shape index (κ3) is 5.59. The average Bonchev–Trinajstić information content (AvgIpc) is 2.65. The number of benzene rings is 1. The van der Waals surface area contributed by atoms with E-state index in [1.165, 1.54) is 7.11 Å². The quantitative estimate of drug-likeness (QED) is 0.727. The number of methoxy groups -OCH3 is 1. The molecule has 0 aliphatic heterocycles. The Morgan fingerprint density at radius 3 is 2.44 bits per heavy atom. The van der Waals surface area contributed by atoms with Gasteiger partial charge in [0, 0.05) is 11.1 Å². The van der Waals surface area contributed by atoms with E-state index in [1.54, 1.807) is 38.1 Å². The van der Waals surface area contributed by atoms with E-state index in [2.05, 4.69) is 10.1 Å². The number of carbonyl (C=O) groups excluding carboxylic acids is 2. The summed E-state index contributed by atoms with van der Waals surface area (Å²) in [6.45, 7) is 3.66. The molecule has 0 spiro atoms. The van der Waals surface area contributed by atoms with Gasteiger partial charge in [0.1, 0.15) is 18.9 Å². The molecule has 1 N–H and O–H groups in total. The van der Waals surface area contributed by atoms with Crippen molar-refractivity contribution in [3.63, 3.8) is 0 Å². The van der Waals surface area contributed by atoms with E-state index in [0.717, 1.165) is 17.9 Å². The largest absolute Gasteiger partial charge is 0.482 e. The van der Waals surface area contributed by atoms with Crippen molar-refractivity contribution in [2.75, 3.05) is 7.11 Å². The maximum atomic E-state index is 12.2. The van der Waals surface area contributed by atoms with Gasteiger partial charge in [-0.25, -0.2) is 4.79 Å². The van der Waals surface area contributed by atoms with Crippen LogP contribution in [0.15, 0.2) is 45.8 Å². The normalized spacial score (nSPS) is 11.7. The highest BCUT2D eigenvalue weighted by Gasteiger charge is 2.26. The van der Waals surface area contributed by atoms with Gasteiger partial charge in [0.25, 0.3) is 5.91 Å². The van der Waals surface area contributed by atoms with E-state index in [9.17, 15) is 14.4 Å². The lowest BCUT2D eigenvalue weighted by Crippen LogP contribution is -2.45. The van der Waals surface area contributed by atoms with E-state index in [-0.39, 0.29) is 24.0 Å². The fraction of sp³-hybridized carbons (Fsp3) is 0.316. The van der Waals surface area contributed by atoms with Crippen LogP contribution >= 0.6 is 11.6 Å². The number of hydrogen-bond donors (Lipinski definition) is 1. The maximum absolute atomic E-state index is 12.2. The van der Waals surface area contributed by atoms with Crippen molar-refractivity contribution in [2.45, 2.75) is 26.5 Å². The number of carbonyl (C=O) groups is 2. The van der Waals surface area contributed by atoms with Gasteiger partial charge in [-0.1, -0.05) is 37.6 Å². The fourth-order valence-corrected chi connectivity index (χ4v) is 2.33. The topological polar surface area (TPSA) is 94.8 Å². The molecule has 0 fully saturated rings. The Bertz CT molecular complexity index is 859. The average molecular weight is 394 g/mol. The van der Waals surface area contributed by atoms with E-state index in [0.29, 0.717) is 5.02 Å². The van der Waals surface area contributed by atoms with Gasteiger partial charge in [-0.3, -0.25) is 9.59 Å². The molecule has 0 unspecified atom stereocenters. The first-order valence-corrected chi connectivity index (χ1v) is 8.58. The van der Waals surface area contributed by atoms with Crippen molar-refractivity contribution in [3.05, 3.63) is 63.2 Å². The van der Waals surface area contributed by atoms with Crippen LogP contribution in [0.3, 0.4) is 0 Å². The molecule has 27 heavy (non-hydrogen) atoms. The Hall–Kier alpha value is -2.80. The van der Waals surface area contributed by atoms with Crippen LogP contribution in [0.25, 0.3) is 0 Å². The van der Waals surface area contributed by atoms with Crippen LogP contribution in [-0.4, -0.2) is 25.0 Å². The number of halogens is 1. The summed E-state index contributed by atoms with van der Waals surface area (Å²) in [6.07, 6.45) is 1.07. The second-order valence-corrected chi connectivity index (χ2v) is 6.54. The zero-order valence-corrected chi connectivity index (χ0v) is 15.9. The zero-order valence-electron chi connectivity index (χ0n) is 15.2. The molecule has 2 rings (SSSR count). The van der Waals surface area contributed by atoms with Crippen LogP contribution in [0.5, 0.6) is 5.75 Å². The van der Waals surface area contributed by atoms with E-state index < -0.39 is 23.3 Å². The molecule has 8 heteroatoms. The molecule has 2 aromatic rings. The molecule has 1 atom stereocenters. The zero-order chi connectivity index (χ0) is 20.0. The van der Waals surface area contributed by atoms with Crippen LogP contribution < -0.4 is 15.5 Å². The summed E-state index contributed by atoms with van der Waals surface area (Å²) in [4.78, 5) is 36.1. The highest BCUT2D eigenvalue weighted by molar-refractivity contribution is 6.30. The molecule has 0 radical (unpaired) electrons. The van der Waals surface area contributed by atoms with E-state index in [1.807, 2.05) is 0 Å². The fourth-order valence-electron chi connectivity index (χ4n) is 2.20. The predicted molar refractivity (Wildman–Crippen MR) is 98.9 cm³/mol. The molecule has 0 aliphatic carbocycles. The van der Waals surface area contributed by atoms with E-state index in [4.69, 9.17) is 20.8 Å². The van der Waals surface area contributed by atoms with Crippen LogP contribution in [0, 0.1) is 5.92 Å². The first kappa shape index (κ1) is 20.5. The standard InChI is InChI=1S/C19H20ClNO6/c1-11(2)17(19(24)25-3)21-18(23)15-8-14(22)16(10-27-15)26-9-12-4-6-13(20)7-5-12/h4-8,10-11,17H,9H2,1-3H3,(H,21,23)/t17-/m0/s1. The Morgan fingerprint density at radius 2 is 1.89 bits per heavy atom. The minimum Gasteiger partial charge on any atom is -0.482 e. The molecule has 7 nitrogen and oxygen atoms in total. The highest BCUT2D eigenvalue weighted by Crippen LogP contribution is 2.13. The van der Waals surface area contributed by atoms with Crippen molar-refractivity contribution < 1.29 is 23.5 Å². The Balaban J connectivity index is 2.06. The lowest BCUT2D eigenvalue weighted by molar-refractivity contribution is -0.144. The molecule has 1 aromatic carbocycles. The maximum Gasteiger partial charge on any atom is 0.328 e. The summed E-state index contributed by atoms with van der Waals surface area (Å²) in [6, 6.07) is 7.12. The molecule has 0 bridgehead atoms. The number of hydrogen-bond acceptors (Lipinski definition) is 6. The minimum absolute atomic E-state index is 0.0325. The summed E-state index contributed by atoms with van der Waals surface area (Å²) >= 11 is 5.81. The Kier molecular flexibility index (Phi) is 7.01. The number of esters is 1. The first-order valence-electron chi connectivity index (χ1n) is 8.20. The van der Waals surface area contributed by atoms with Gasteiger partial charge in [-0.2, -0.15) is 0 Å². The molecule has 0 saturated heterocycles. The summed E-state index contributed by atoms with van der Waals surface area (Å²) in [5, 5.41) is 3.09. The van der Waals surface area contributed by atoms with Crippen molar-refractivity contribution in [3.8, 4) is 5.75 Å². The van der Waals surface area contributed by atoms with Crippen LogP contribution in [0.1, 0.15) is 30.0 Å². The molecular formula is C19H20ClNO6. The predicted octanol–water partition coefficient (Wildman–Crippen LogP) is 2.80. The number of nitrogens with one attached hydrogen (secondary N) is 1. The Labute approximate surface area is 161 Å². The van der Waals surface area contributed by atoms with Gasteiger partial charge in [0.05, 0.1) is 7.11 Å². The van der Waals surface area contributed by atoms with Crippen molar-refractivity contribution >= 4 is 23.5 Å². The molecule has 0 aliphatic rings. The lowest BCUT2D eigenvalue weighted by atomic mass is 10.0. The second-order valence-electron chi connectivity index (χ2n) is 6.11. The summed E-state index contributed by atoms with van der Waals surface area (Å²) in [5.74, 6) is -1.73. The molecule has 1 heterocycles. The van der Waals surface area contributed by atoms with Crippen molar-refractivity contribution in [1.29, 1.82) is 0 Å². The highest BCUT2D eigenvalue weighted by atomic mass is 35.5. The number of rotatable bonds is 7. The monoisotopic (exact) mass is 393 g/mol. The van der Waals surface area contributed by atoms with Gasteiger partial charge < -0.3 is 19.2 Å². The van der Waals surface area contributed by atoms with Crippen molar-refractivity contribution in [2.24, 2.45) is 5.92 Å². The summed E-state index contributed by atoms with van der Waals surface area (Å²) in [7, 11) is 1.23. The number of amides is 1. The summed E-state index contributed by atoms with van der Waals surface area (Å²) < 4.78 is 15.3. The summed E-state index contributed by atoms with van der Waals surface area (Å²) in [5.41, 5.74) is 0.304. The van der Waals surface area contributed by atoms with Crippen LogP contribution in [-0.2, 0) is 16.1 Å². The third-order valence-corrected chi connectivity index (χ3v) is 3.99. The van der Waals surface area contributed by atoms with Gasteiger partial charge in [0.2, 0.25) is 11.2 Å². The van der Waals surface area contributed by atoms with Gasteiger partial charge in [-0.15, -0.1) is 0 Å². The number of ether oxygens (including phenoxy) is 2. The van der Waals surface area contributed by atoms with Crippen LogP contribution in [0.4, 0.5) is 0 Å². The van der Waals surface area contributed by atoms with Crippen molar-refractivity contribution in [1.82, 2.24) is 5.32 Å². The Morgan fingerprint density at radius 1 is 1.22 bits per heavy atom. The molecule has 1 aromatic heterocycles. The molecule has 1 amide bonds. The van der Waals surface area contributed by atoms with Crippen LogP contribution in [0.2, 0.25) is 5.02 Å².